The van der Waals surface area contributed by atoms with Gasteiger partial charge in [-0.05, 0) is 36.2 Å². The van der Waals surface area contributed by atoms with Gasteiger partial charge in [0.1, 0.15) is 12.2 Å². The van der Waals surface area contributed by atoms with Gasteiger partial charge < -0.3 is 10.1 Å². The number of carboxylic acids is 1. The maximum Gasteiger partial charge on any atom is 0.337 e. The van der Waals surface area contributed by atoms with Crippen molar-refractivity contribution in [1.29, 1.82) is 0 Å². The van der Waals surface area contributed by atoms with E-state index in [1.165, 1.54) is 24.3 Å². The number of rotatable bonds is 6. The van der Waals surface area contributed by atoms with E-state index in [9.17, 15) is 27.6 Å². The summed E-state index contributed by atoms with van der Waals surface area (Å²) in [7, 11) is 0. The fourth-order valence-electron chi connectivity index (χ4n) is 4.76. The van der Waals surface area contributed by atoms with Gasteiger partial charge in [0, 0.05) is 22.9 Å². The fourth-order valence-corrected chi connectivity index (χ4v) is 4.76. The summed E-state index contributed by atoms with van der Waals surface area (Å²) in [6.45, 7) is 1.84. The van der Waals surface area contributed by atoms with Crippen molar-refractivity contribution >= 4 is 28.5 Å². The second kappa shape index (κ2) is 9.86. The van der Waals surface area contributed by atoms with Gasteiger partial charge in [0.2, 0.25) is 0 Å². The molecule has 2 N–H and O–H groups in total. The van der Waals surface area contributed by atoms with Crippen LogP contribution in [0.3, 0.4) is 0 Å². The monoisotopic (exact) mass is 533 g/mol. The first-order chi connectivity index (χ1) is 18.5. The van der Waals surface area contributed by atoms with E-state index in [0.29, 0.717) is 32.6 Å². The van der Waals surface area contributed by atoms with Gasteiger partial charge in [-0.2, -0.15) is 13.9 Å². The molecule has 0 bridgehead atoms. The third-order valence-electron chi connectivity index (χ3n) is 6.61. The van der Waals surface area contributed by atoms with Crippen molar-refractivity contribution in [3.8, 4) is 11.1 Å². The number of hydrazone groups is 1. The van der Waals surface area contributed by atoms with E-state index < -0.39 is 41.6 Å². The number of H-pyrrole nitrogens is 1. The average molecular weight is 534 g/mol. The molecular formula is C29H22F3N3O4. The number of carbonyl (C=O) groups is 2. The molecule has 0 aliphatic carbocycles. The lowest BCUT2D eigenvalue weighted by atomic mass is 9.91. The fraction of sp³-hybridized carbons (Fsp3) is 0.172. The Morgan fingerprint density at radius 3 is 2.36 bits per heavy atom. The van der Waals surface area contributed by atoms with Crippen LogP contribution in [-0.4, -0.2) is 38.6 Å². The van der Waals surface area contributed by atoms with Crippen LogP contribution in [0.15, 0.2) is 82.7 Å². The number of aliphatic carboxylic acids is 1. The van der Waals surface area contributed by atoms with Crippen LogP contribution < -0.4 is 5.56 Å². The number of carboxylic acid groups (broad SMARTS) is 1. The van der Waals surface area contributed by atoms with Crippen molar-refractivity contribution in [2.45, 2.75) is 31.7 Å². The zero-order valence-corrected chi connectivity index (χ0v) is 20.6. The number of aromatic nitrogens is 1. The summed E-state index contributed by atoms with van der Waals surface area (Å²) in [4.78, 5) is 40.3. The Hall–Kier alpha value is -4.73. The normalized spacial score (nSPS) is 15.4. The van der Waals surface area contributed by atoms with Crippen LogP contribution in [0.5, 0.6) is 0 Å². The molecule has 7 nitrogen and oxygen atoms in total. The third-order valence-corrected chi connectivity index (χ3v) is 6.61. The first-order valence-electron chi connectivity index (χ1n) is 12.0. The molecule has 1 aromatic heterocycles. The maximum absolute atomic E-state index is 14.7. The summed E-state index contributed by atoms with van der Waals surface area (Å²) in [5.74, 6) is -8.34. The van der Waals surface area contributed by atoms with Gasteiger partial charge in [-0.1, -0.05) is 60.2 Å². The van der Waals surface area contributed by atoms with E-state index in [-0.39, 0.29) is 17.7 Å². The molecule has 0 fully saturated rings. The molecule has 10 heteroatoms. The summed E-state index contributed by atoms with van der Waals surface area (Å²) >= 11 is 0. The molecule has 2 heterocycles. The molecule has 39 heavy (non-hydrogen) atoms. The van der Waals surface area contributed by atoms with Crippen molar-refractivity contribution in [3.05, 3.63) is 106 Å². The Labute approximate surface area is 220 Å². The Morgan fingerprint density at radius 2 is 1.69 bits per heavy atom. The zero-order valence-electron chi connectivity index (χ0n) is 20.6. The molecule has 4 aromatic rings. The minimum absolute atomic E-state index is 0.0503. The van der Waals surface area contributed by atoms with Crippen molar-refractivity contribution in [3.63, 3.8) is 0 Å². The molecule has 1 aliphatic rings. The van der Waals surface area contributed by atoms with Crippen molar-refractivity contribution < 1.29 is 27.9 Å². The highest BCUT2D eigenvalue weighted by Gasteiger charge is 2.49. The van der Waals surface area contributed by atoms with Crippen molar-refractivity contribution in [2.75, 3.05) is 0 Å². The number of nitrogens with zero attached hydrogens (tertiary/aromatic N) is 2. The van der Waals surface area contributed by atoms with E-state index in [1.54, 1.807) is 48.5 Å². The minimum Gasteiger partial charge on any atom is -0.481 e. The van der Waals surface area contributed by atoms with Gasteiger partial charge in [0.05, 0.1) is 17.3 Å². The first kappa shape index (κ1) is 25.9. The van der Waals surface area contributed by atoms with Crippen LogP contribution in [-0.2, 0) is 9.59 Å². The first-order valence-corrected chi connectivity index (χ1v) is 12.0. The lowest BCUT2D eigenvalue weighted by molar-refractivity contribution is -0.167. The highest BCUT2D eigenvalue weighted by atomic mass is 19.3. The second-order valence-corrected chi connectivity index (χ2v) is 9.36. The SMILES string of the molecule is Cc1ccc(C2CC(c3c(-c4ccc(F)cc4)c4ccccc4[nH]c3=O)=NN2C(=O)C(F)(F)CC(=O)O)cc1. The number of hydrogen-bond donors (Lipinski definition) is 2. The molecule has 3 aromatic carbocycles. The molecule has 1 unspecified atom stereocenters. The van der Waals surface area contributed by atoms with Crippen LogP contribution in [0.4, 0.5) is 13.2 Å². The number of pyridine rings is 1. The molecule has 1 aliphatic heterocycles. The Morgan fingerprint density at radius 1 is 1.03 bits per heavy atom. The third kappa shape index (κ3) is 4.93. The molecule has 1 amide bonds. The zero-order chi connectivity index (χ0) is 27.9. The summed E-state index contributed by atoms with van der Waals surface area (Å²) in [5.41, 5.74) is 2.32. The molecule has 1 atom stereocenters. The Balaban J connectivity index is 1.72. The molecule has 0 saturated carbocycles. The summed E-state index contributed by atoms with van der Waals surface area (Å²) in [6, 6.07) is 18.2. The molecular weight excluding hydrogens is 511 g/mol. The Kier molecular flexibility index (Phi) is 6.55. The second-order valence-electron chi connectivity index (χ2n) is 9.36. The number of hydrogen-bond acceptors (Lipinski definition) is 4. The van der Waals surface area contributed by atoms with Crippen LogP contribution in [0.2, 0.25) is 0 Å². The van der Waals surface area contributed by atoms with Crippen molar-refractivity contribution in [2.24, 2.45) is 5.10 Å². The van der Waals surface area contributed by atoms with Crippen LogP contribution in [0.1, 0.15) is 35.6 Å². The number of fused-ring (bicyclic) bond motifs is 1. The number of nitrogens with one attached hydrogen (secondary N) is 1. The van der Waals surface area contributed by atoms with Crippen LogP contribution in [0, 0.1) is 12.7 Å². The van der Waals surface area contributed by atoms with Gasteiger partial charge in [0.15, 0.2) is 0 Å². The summed E-state index contributed by atoms with van der Waals surface area (Å²) in [6.07, 6.45) is -1.79. The number of alkyl halides is 2. The highest BCUT2D eigenvalue weighted by molar-refractivity contribution is 6.13. The van der Waals surface area contributed by atoms with Gasteiger partial charge in [-0.15, -0.1) is 0 Å². The number of para-hydroxylation sites is 1. The number of halogens is 3. The topological polar surface area (TPSA) is 103 Å². The minimum atomic E-state index is -4.23. The summed E-state index contributed by atoms with van der Waals surface area (Å²) in [5, 5.41) is 14.3. The number of amides is 1. The van der Waals surface area contributed by atoms with E-state index in [0.717, 1.165) is 5.56 Å². The van der Waals surface area contributed by atoms with E-state index in [2.05, 4.69) is 10.1 Å². The van der Waals surface area contributed by atoms with E-state index in [4.69, 9.17) is 5.11 Å². The molecule has 0 spiro atoms. The van der Waals surface area contributed by atoms with Gasteiger partial charge in [-0.3, -0.25) is 14.4 Å². The lowest BCUT2D eigenvalue weighted by Gasteiger charge is -2.25. The van der Waals surface area contributed by atoms with Gasteiger partial charge >= 0.3 is 17.8 Å². The standard InChI is InChI=1S/C29H22F3N3O4/c1-16-6-8-17(9-7-16)23-14-22(34-35(23)28(39)29(31,32)15-24(36)37)26-25(18-10-12-19(30)13-11-18)20-4-2-3-5-21(20)33-27(26)38/h2-13,23H,14-15H2,1H3,(H,33,38)(H,36,37). The number of benzene rings is 3. The Bertz CT molecular complexity index is 1680. The van der Waals surface area contributed by atoms with E-state index >= 15 is 0 Å². The molecule has 5 rings (SSSR count). The number of carbonyl (C=O) groups excluding carboxylic acids is 1. The molecule has 198 valence electrons. The average Bonchev–Trinajstić information content (AvgIpc) is 3.32. The highest BCUT2D eigenvalue weighted by Crippen LogP contribution is 2.39. The summed E-state index contributed by atoms with van der Waals surface area (Å²) < 4.78 is 43.2. The quantitative estimate of drug-likeness (QED) is 0.345. The van der Waals surface area contributed by atoms with Crippen molar-refractivity contribution in [1.82, 2.24) is 9.99 Å². The van der Waals surface area contributed by atoms with Gasteiger partial charge in [0.25, 0.3) is 5.56 Å². The predicted molar refractivity (Wildman–Crippen MR) is 139 cm³/mol. The number of aromatic amines is 1. The van der Waals surface area contributed by atoms with Crippen LogP contribution in [0.25, 0.3) is 22.0 Å². The largest absolute Gasteiger partial charge is 0.481 e. The molecule has 0 saturated heterocycles. The molecule has 0 radical (unpaired) electrons. The van der Waals surface area contributed by atoms with E-state index in [1.807, 2.05) is 6.92 Å². The number of aryl methyl sites for hydroxylation is 1. The van der Waals surface area contributed by atoms with Gasteiger partial charge in [-0.25, -0.2) is 9.40 Å². The lowest BCUT2D eigenvalue weighted by Crippen LogP contribution is -2.42. The predicted octanol–water partition coefficient (Wildman–Crippen LogP) is 5.43. The smallest absolute Gasteiger partial charge is 0.337 e. The maximum atomic E-state index is 14.7. The van der Waals surface area contributed by atoms with Crippen LogP contribution >= 0.6 is 0 Å².